The lowest BCUT2D eigenvalue weighted by Crippen LogP contribution is -2.31. The van der Waals surface area contributed by atoms with Crippen LogP contribution in [0.25, 0.3) is 5.69 Å². The van der Waals surface area contributed by atoms with Gasteiger partial charge in [-0.2, -0.15) is 5.10 Å². The van der Waals surface area contributed by atoms with Gasteiger partial charge in [-0.05, 0) is 12.1 Å². The van der Waals surface area contributed by atoms with Crippen LogP contribution in [0.2, 0.25) is 0 Å². The number of ether oxygens (including phenoxy) is 2. The lowest BCUT2D eigenvalue weighted by Gasteiger charge is -2.12. The maximum Gasteiger partial charge on any atom is 0.209 e. The van der Waals surface area contributed by atoms with Crippen molar-refractivity contribution in [2.75, 3.05) is 14.2 Å². The number of aromatic nitrogens is 2. The van der Waals surface area contributed by atoms with Crippen LogP contribution in [0.4, 0.5) is 0 Å². The first-order valence-electron chi connectivity index (χ1n) is 5.60. The molecule has 20 heavy (non-hydrogen) atoms. The Hall–Kier alpha value is -2.83. The Morgan fingerprint density at radius 3 is 2.60 bits per heavy atom. The van der Waals surface area contributed by atoms with Crippen molar-refractivity contribution in [2.45, 2.75) is 0 Å². The van der Waals surface area contributed by atoms with Gasteiger partial charge in [-0.25, -0.2) is 4.68 Å². The lowest BCUT2D eigenvalue weighted by molar-refractivity contribution is -0.255. The van der Waals surface area contributed by atoms with E-state index in [4.69, 9.17) is 9.47 Å². The van der Waals surface area contributed by atoms with Gasteiger partial charge in [0.1, 0.15) is 17.2 Å². The highest BCUT2D eigenvalue weighted by Crippen LogP contribution is 2.26. The van der Waals surface area contributed by atoms with Gasteiger partial charge < -0.3 is 19.4 Å². The fraction of sp³-hybridized carbons (Fsp3) is 0.154. The highest BCUT2D eigenvalue weighted by Gasteiger charge is 2.10. The fourth-order valence-corrected chi connectivity index (χ4v) is 1.66. The molecule has 0 saturated heterocycles. The molecule has 104 valence electrons. The summed E-state index contributed by atoms with van der Waals surface area (Å²) in [7, 11) is 2.97. The van der Waals surface area contributed by atoms with Crippen LogP contribution in [0.3, 0.4) is 0 Å². The number of methoxy groups -OCH3 is 2. The topological polar surface area (TPSA) is 93.5 Å². The van der Waals surface area contributed by atoms with Gasteiger partial charge in [0.05, 0.1) is 20.2 Å². The quantitative estimate of drug-likeness (QED) is 0.754. The smallest absolute Gasteiger partial charge is 0.209 e. The number of benzene rings is 1. The van der Waals surface area contributed by atoms with E-state index >= 15 is 0 Å². The molecule has 0 amide bonds. The van der Waals surface area contributed by atoms with E-state index in [-0.39, 0.29) is 0 Å². The zero-order valence-electron chi connectivity index (χ0n) is 10.8. The van der Waals surface area contributed by atoms with E-state index < -0.39 is 17.1 Å². The van der Waals surface area contributed by atoms with E-state index in [1.54, 1.807) is 18.2 Å². The Morgan fingerprint density at radius 1 is 1.25 bits per heavy atom. The SMILES string of the molecule is COc1ccc(-n2ccc(=O)c(C(=O)[O-])n2)c(OC)c1. The number of hydrogen-bond donors (Lipinski definition) is 0. The lowest BCUT2D eigenvalue weighted by atomic mass is 10.2. The molecule has 2 aromatic rings. The Morgan fingerprint density at radius 2 is 2.00 bits per heavy atom. The third-order valence-corrected chi connectivity index (χ3v) is 2.64. The molecule has 1 aromatic carbocycles. The molecule has 0 aliphatic heterocycles. The molecule has 1 aromatic heterocycles. The predicted molar refractivity (Wildman–Crippen MR) is 67.3 cm³/mol. The highest BCUT2D eigenvalue weighted by atomic mass is 16.5. The van der Waals surface area contributed by atoms with E-state index in [0.29, 0.717) is 17.2 Å². The first-order chi connectivity index (χ1) is 9.56. The molecule has 1 heterocycles. The second-order valence-corrected chi connectivity index (χ2v) is 3.80. The first-order valence-corrected chi connectivity index (χ1v) is 5.60. The Kier molecular flexibility index (Phi) is 3.69. The summed E-state index contributed by atoms with van der Waals surface area (Å²) in [6.45, 7) is 0. The van der Waals surface area contributed by atoms with Gasteiger partial charge in [0.25, 0.3) is 0 Å². The van der Waals surface area contributed by atoms with Crippen molar-refractivity contribution >= 4 is 5.97 Å². The molecule has 0 spiro atoms. The molecule has 0 fully saturated rings. The van der Waals surface area contributed by atoms with Gasteiger partial charge in [0, 0.05) is 18.3 Å². The number of carbonyl (C=O) groups is 1. The van der Waals surface area contributed by atoms with Crippen LogP contribution in [0.15, 0.2) is 35.3 Å². The van der Waals surface area contributed by atoms with Crippen molar-refractivity contribution < 1.29 is 19.4 Å². The third-order valence-electron chi connectivity index (χ3n) is 2.64. The van der Waals surface area contributed by atoms with Crippen molar-refractivity contribution in [3.63, 3.8) is 0 Å². The van der Waals surface area contributed by atoms with Crippen LogP contribution in [-0.2, 0) is 0 Å². The summed E-state index contributed by atoms with van der Waals surface area (Å²) in [6, 6.07) is 6.01. The summed E-state index contributed by atoms with van der Waals surface area (Å²) in [5.41, 5.74) is -0.908. The molecule has 0 radical (unpaired) electrons. The van der Waals surface area contributed by atoms with Crippen molar-refractivity contribution in [1.29, 1.82) is 0 Å². The van der Waals surface area contributed by atoms with E-state index in [1.165, 1.54) is 25.1 Å². The van der Waals surface area contributed by atoms with Crippen LogP contribution < -0.4 is 20.0 Å². The van der Waals surface area contributed by atoms with Gasteiger partial charge in [0.2, 0.25) is 5.43 Å². The zero-order valence-corrected chi connectivity index (χ0v) is 10.8. The molecule has 0 saturated carbocycles. The van der Waals surface area contributed by atoms with Gasteiger partial charge in [-0.1, -0.05) is 0 Å². The average Bonchev–Trinajstić information content (AvgIpc) is 2.46. The summed E-state index contributed by atoms with van der Waals surface area (Å²) in [4.78, 5) is 22.2. The van der Waals surface area contributed by atoms with E-state index in [1.807, 2.05) is 0 Å². The standard InChI is InChI=1S/C13H12N2O5/c1-19-8-3-4-9(11(7-8)20-2)15-6-5-10(16)12(14-15)13(17)18/h3-7H,1-2H3,(H,17,18)/p-1. The molecule has 0 N–H and O–H groups in total. The summed E-state index contributed by atoms with van der Waals surface area (Å²) in [5, 5.41) is 14.5. The molecule has 0 unspecified atom stereocenters. The molecule has 0 atom stereocenters. The fourth-order valence-electron chi connectivity index (χ4n) is 1.66. The summed E-state index contributed by atoms with van der Waals surface area (Å²) >= 11 is 0. The predicted octanol–water partition coefficient (Wildman–Crippen LogP) is -0.387. The van der Waals surface area contributed by atoms with E-state index in [9.17, 15) is 14.7 Å². The van der Waals surface area contributed by atoms with Crippen molar-refractivity contribution in [2.24, 2.45) is 0 Å². The van der Waals surface area contributed by atoms with Gasteiger partial charge >= 0.3 is 0 Å². The Labute approximate surface area is 114 Å². The molecule has 2 rings (SSSR count). The van der Waals surface area contributed by atoms with Crippen molar-refractivity contribution in [1.82, 2.24) is 9.78 Å². The van der Waals surface area contributed by atoms with Gasteiger partial charge in [0.15, 0.2) is 5.69 Å². The molecular formula is C13H11N2O5-. The molecule has 0 aliphatic rings. The normalized spacial score (nSPS) is 10.1. The third kappa shape index (κ3) is 2.46. The maximum absolute atomic E-state index is 11.4. The number of hydrogen-bond acceptors (Lipinski definition) is 6. The number of carboxylic acid groups (broad SMARTS) is 1. The number of rotatable bonds is 4. The average molecular weight is 275 g/mol. The monoisotopic (exact) mass is 275 g/mol. The second-order valence-electron chi connectivity index (χ2n) is 3.80. The number of carboxylic acids is 1. The van der Waals surface area contributed by atoms with Crippen molar-refractivity contribution in [3.8, 4) is 17.2 Å². The first kappa shape index (κ1) is 13.6. The molecule has 7 nitrogen and oxygen atoms in total. The molecule has 7 heteroatoms. The van der Waals surface area contributed by atoms with Crippen LogP contribution in [0, 0.1) is 0 Å². The van der Waals surface area contributed by atoms with Gasteiger partial charge in [-0.3, -0.25) is 4.79 Å². The van der Waals surface area contributed by atoms with Crippen LogP contribution in [0.5, 0.6) is 11.5 Å². The minimum Gasteiger partial charge on any atom is -0.543 e. The Balaban J connectivity index is 2.59. The maximum atomic E-state index is 11.4. The number of aromatic carboxylic acids is 1. The summed E-state index contributed by atoms with van der Waals surface area (Å²) < 4.78 is 11.5. The molecule has 0 aliphatic carbocycles. The number of nitrogens with zero attached hydrogens (tertiary/aromatic N) is 2. The van der Waals surface area contributed by atoms with E-state index in [2.05, 4.69) is 5.10 Å². The van der Waals surface area contributed by atoms with Crippen LogP contribution in [-0.4, -0.2) is 30.0 Å². The molecular weight excluding hydrogens is 264 g/mol. The minimum absolute atomic E-state index is 0.421. The minimum atomic E-state index is -1.63. The molecule has 0 bridgehead atoms. The summed E-state index contributed by atoms with van der Waals surface area (Å²) in [6.07, 6.45) is 1.35. The van der Waals surface area contributed by atoms with Crippen LogP contribution in [0.1, 0.15) is 10.5 Å². The van der Waals surface area contributed by atoms with E-state index in [0.717, 1.165) is 6.07 Å². The Bertz CT molecular complexity index is 708. The summed E-state index contributed by atoms with van der Waals surface area (Å²) in [5.74, 6) is -0.631. The second kappa shape index (κ2) is 5.43. The zero-order chi connectivity index (χ0) is 14.7. The highest BCUT2D eigenvalue weighted by molar-refractivity contribution is 5.82. The van der Waals surface area contributed by atoms with Crippen molar-refractivity contribution in [3.05, 3.63) is 46.4 Å². The largest absolute Gasteiger partial charge is 0.543 e. The number of carbonyl (C=O) groups excluding carboxylic acids is 1. The van der Waals surface area contributed by atoms with Gasteiger partial charge in [-0.15, -0.1) is 0 Å². The van der Waals surface area contributed by atoms with Crippen LogP contribution >= 0.6 is 0 Å².